The first kappa shape index (κ1) is 24.4. The van der Waals surface area contributed by atoms with Crippen LogP contribution >= 0.6 is 11.3 Å². The van der Waals surface area contributed by atoms with Crippen LogP contribution in [0.2, 0.25) is 0 Å². The number of hydrogen-bond donors (Lipinski definition) is 0. The molecule has 1 aliphatic carbocycles. The van der Waals surface area contributed by atoms with Gasteiger partial charge in [-0.25, -0.2) is 0 Å². The van der Waals surface area contributed by atoms with Crippen molar-refractivity contribution in [2.45, 2.75) is 32.1 Å². The predicted molar refractivity (Wildman–Crippen MR) is 178 cm³/mol. The summed E-state index contributed by atoms with van der Waals surface area (Å²) in [7, 11) is 0. The Morgan fingerprint density at radius 3 is 2.07 bits per heavy atom. The quantitative estimate of drug-likeness (QED) is 0.208. The Bertz CT molecular complexity index is 2080. The van der Waals surface area contributed by atoms with Crippen LogP contribution in [-0.4, -0.2) is 0 Å². The van der Waals surface area contributed by atoms with E-state index in [1.165, 1.54) is 70.3 Å². The summed E-state index contributed by atoms with van der Waals surface area (Å²) >= 11 is 1.90. The second-order valence-corrected chi connectivity index (χ2v) is 12.2. The highest BCUT2D eigenvalue weighted by atomic mass is 32.1. The first-order valence-electron chi connectivity index (χ1n) is 14.7. The van der Waals surface area contributed by atoms with Gasteiger partial charge in [0.1, 0.15) is 0 Å². The molecule has 2 heteroatoms. The van der Waals surface area contributed by atoms with Crippen LogP contribution in [0.5, 0.6) is 0 Å². The fourth-order valence-electron chi connectivity index (χ4n) is 7.32. The molecule has 0 atom stereocenters. The lowest BCUT2D eigenvalue weighted by molar-refractivity contribution is 0.490. The van der Waals surface area contributed by atoms with Crippen LogP contribution in [0.3, 0.4) is 0 Å². The largest absolute Gasteiger partial charge is 0.310 e. The second-order valence-electron chi connectivity index (χ2n) is 11.1. The molecule has 0 radical (unpaired) electrons. The topological polar surface area (TPSA) is 3.24 Å². The van der Waals surface area contributed by atoms with Gasteiger partial charge in [-0.15, -0.1) is 11.3 Å². The zero-order valence-corrected chi connectivity index (χ0v) is 24.2. The Hall–Kier alpha value is -4.40. The van der Waals surface area contributed by atoms with E-state index in [4.69, 9.17) is 0 Å². The van der Waals surface area contributed by atoms with Gasteiger partial charge in [0.25, 0.3) is 0 Å². The van der Waals surface area contributed by atoms with Crippen molar-refractivity contribution in [3.63, 3.8) is 0 Å². The molecule has 41 heavy (non-hydrogen) atoms. The zero-order chi connectivity index (χ0) is 27.6. The molecule has 6 aromatic carbocycles. The molecule has 0 saturated carbocycles. The first-order valence-corrected chi connectivity index (χ1v) is 15.5. The van der Waals surface area contributed by atoms with E-state index in [0.717, 1.165) is 12.8 Å². The maximum atomic E-state index is 2.48. The van der Waals surface area contributed by atoms with E-state index in [2.05, 4.69) is 146 Å². The first-order chi connectivity index (χ1) is 20.2. The number of rotatable bonds is 5. The molecule has 0 N–H and O–H groups in total. The van der Waals surface area contributed by atoms with Gasteiger partial charge in [-0.3, -0.25) is 0 Å². The van der Waals surface area contributed by atoms with Crippen molar-refractivity contribution in [3.8, 4) is 11.1 Å². The molecule has 0 unspecified atom stereocenters. The van der Waals surface area contributed by atoms with Crippen LogP contribution in [0, 0.1) is 0 Å². The Morgan fingerprint density at radius 1 is 0.537 bits per heavy atom. The maximum absolute atomic E-state index is 2.48. The molecule has 8 rings (SSSR count). The van der Waals surface area contributed by atoms with Crippen LogP contribution in [-0.2, 0) is 5.41 Å². The van der Waals surface area contributed by atoms with E-state index in [1.54, 1.807) is 0 Å². The lowest BCUT2D eigenvalue weighted by Gasteiger charge is -2.32. The number of fused-ring (bicyclic) bond motifs is 8. The smallest absolute Gasteiger partial charge is 0.0540 e. The average Bonchev–Trinajstić information content (AvgIpc) is 3.55. The van der Waals surface area contributed by atoms with Crippen molar-refractivity contribution in [2.24, 2.45) is 0 Å². The molecule has 0 spiro atoms. The minimum atomic E-state index is 0.0340. The Balaban J connectivity index is 1.39. The van der Waals surface area contributed by atoms with Crippen molar-refractivity contribution in [1.29, 1.82) is 0 Å². The lowest BCUT2D eigenvalue weighted by atomic mass is 9.74. The Labute approximate surface area is 245 Å². The van der Waals surface area contributed by atoms with Crippen LogP contribution in [0.1, 0.15) is 37.8 Å². The fraction of sp³-hybridized carbons (Fsp3) is 0.128. The van der Waals surface area contributed by atoms with Gasteiger partial charge in [-0.05, 0) is 71.5 Å². The third-order valence-corrected chi connectivity index (χ3v) is 10.6. The average molecular weight is 546 g/mol. The predicted octanol–water partition coefficient (Wildman–Crippen LogP) is 11.8. The minimum absolute atomic E-state index is 0.0340. The molecule has 0 bridgehead atoms. The molecule has 0 aliphatic heterocycles. The van der Waals surface area contributed by atoms with Crippen LogP contribution in [0.4, 0.5) is 17.1 Å². The van der Waals surface area contributed by atoms with Gasteiger partial charge in [0.2, 0.25) is 0 Å². The molecule has 1 heterocycles. The number of thiophene rings is 1. The molecule has 1 nitrogen and oxygen atoms in total. The van der Waals surface area contributed by atoms with Gasteiger partial charge in [0.05, 0.1) is 5.69 Å². The van der Waals surface area contributed by atoms with Crippen LogP contribution in [0.15, 0.2) is 127 Å². The number of para-hydroxylation sites is 1. The molecule has 7 aromatic rings. The Morgan fingerprint density at radius 2 is 1.22 bits per heavy atom. The molecular weight excluding hydrogens is 515 g/mol. The van der Waals surface area contributed by atoms with Crippen molar-refractivity contribution < 1.29 is 0 Å². The molecule has 0 amide bonds. The third-order valence-electron chi connectivity index (χ3n) is 9.35. The highest BCUT2D eigenvalue weighted by Gasteiger charge is 2.40. The number of benzene rings is 6. The number of anilines is 3. The highest BCUT2D eigenvalue weighted by molar-refractivity contribution is 7.26. The van der Waals surface area contributed by atoms with Gasteiger partial charge < -0.3 is 4.90 Å². The van der Waals surface area contributed by atoms with Crippen molar-refractivity contribution in [3.05, 3.63) is 139 Å². The summed E-state index contributed by atoms with van der Waals surface area (Å²) < 4.78 is 2.70. The summed E-state index contributed by atoms with van der Waals surface area (Å²) in [5.41, 5.74) is 9.32. The fourth-order valence-corrected chi connectivity index (χ4v) is 8.55. The SMILES string of the molecule is CCC1(CC)c2ccccc2-c2ccc(N(c3ccccc3)c3cccc4c3ccc3c5ccccc5sc43)cc21. The summed E-state index contributed by atoms with van der Waals surface area (Å²) in [6.45, 7) is 4.69. The van der Waals surface area contributed by atoms with Crippen molar-refractivity contribution in [1.82, 2.24) is 0 Å². The summed E-state index contributed by atoms with van der Waals surface area (Å²) in [4.78, 5) is 2.46. The van der Waals surface area contributed by atoms with E-state index in [-0.39, 0.29) is 5.41 Å². The van der Waals surface area contributed by atoms with E-state index in [1.807, 2.05) is 11.3 Å². The molecule has 0 saturated heterocycles. The molecule has 1 aromatic heterocycles. The number of nitrogens with zero attached hydrogens (tertiary/aromatic N) is 1. The van der Waals surface area contributed by atoms with E-state index in [9.17, 15) is 0 Å². The summed E-state index contributed by atoms with van der Waals surface area (Å²) in [6, 6.07) is 47.2. The summed E-state index contributed by atoms with van der Waals surface area (Å²) in [5, 5.41) is 5.27. The van der Waals surface area contributed by atoms with Crippen LogP contribution < -0.4 is 4.90 Å². The number of hydrogen-bond acceptors (Lipinski definition) is 2. The highest BCUT2D eigenvalue weighted by Crippen LogP contribution is 2.54. The molecule has 0 fully saturated rings. The third kappa shape index (κ3) is 3.47. The monoisotopic (exact) mass is 545 g/mol. The van der Waals surface area contributed by atoms with Gasteiger partial charge in [0, 0.05) is 47.7 Å². The van der Waals surface area contributed by atoms with Gasteiger partial charge in [0.15, 0.2) is 0 Å². The minimum Gasteiger partial charge on any atom is -0.310 e. The Kier molecular flexibility index (Phi) is 5.55. The summed E-state index contributed by atoms with van der Waals surface area (Å²) in [6.07, 6.45) is 2.17. The normalized spacial score (nSPS) is 13.5. The van der Waals surface area contributed by atoms with Crippen molar-refractivity contribution >= 4 is 59.3 Å². The van der Waals surface area contributed by atoms with Crippen LogP contribution in [0.25, 0.3) is 42.1 Å². The van der Waals surface area contributed by atoms with E-state index < -0.39 is 0 Å². The maximum Gasteiger partial charge on any atom is 0.0540 e. The lowest BCUT2D eigenvalue weighted by Crippen LogP contribution is -2.23. The summed E-state index contributed by atoms with van der Waals surface area (Å²) in [5.74, 6) is 0. The van der Waals surface area contributed by atoms with Gasteiger partial charge >= 0.3 is 0 Å². The van der Waals surface area contributed by atoms with E-state index in [0.29, 0.717) is 0 Å². The zero-order valence-electron chi connectivity index (χ0n) is 23.4. The molecule has 198 valence electrons. The molecular formula is C39H31NS. The molecule has 1 aliphatic rings. The van der Waals surface area contributed by atoms with Crippen molar-refractivity contribution in [2.75, 3.05) is 4.90 Å². The standard InChI is InChI=1S/C39H31NS/c1-3-39(4-2)34-18-10-8-15-28(34)29-22-21-27(25-35(29)39)40(26-13-6-5-7-14-26)36-19-12-17-32-30(36)23-24-33-31-16-9-11-20-37(31)41-38(32)33/h5-25H,3-4H2,1-2H3. The van der Waals surface area contributed by atoms with Gasteiger partial charge in [-0.2, -0.15) is 0 Å². The van der Waals surface area contributed by atoms with E-state index >= 15 is 0 Å². The van der Waals surface area contributed by atoms with Gasteiger partial charge in [-0.1, -0.05) is 105 Å². The second kappa shape index (κ2) is 9.33.